The fourth-order valence-electron chi connectivity index (χ4n) is 7.31. The Morgan fingerprint density at radius 3 is 2.38 bits per heavy atom. The third kappa shape index (κ3) is 4.25. The van der Waals surface area contributed by atoms with Crippen LogP contribution in [-0.4, -0.2) is 42.1 Å². The van der Waals surface area contributed by atoms with Crippen LogP contribution in [0.5, 0.6) is 0 Å². The lowest BCUT2D eigenvalue weighted by Crippen LogP contribution is -2.47. The molecule has 0 atom stereocenters. The third-order valence-electron chi connectivity index (χ3n) is 8.16. The monoisotopic (exact) mass is 451 g/mol. The van der Waals surface area contributed by atoms with E-state index in [1.54, 1.807) is 11.3 Å². The lowest BCUT2D eigenvalue weighted by atomic mass is 9.49. The van der Waals surface area contributed by atoms with Gasteiger partial charge in [-0.25, -0.2) is 4.98 Å². The first kappa shape index (κ1) is 20.8. The minimum atomic E-state index is 0.165. The van der Waals surface area contributed by atoms with E-state index in [2.05, 4.69) is 34.5 Å². The van der Waals surface area contributed by atoms with E-state index >= 15 is 0 Å². The van der Waals surface area contributed by atoms with Crippen LogP contribution in [0.15, 0.2) is 30.3 Å². The third-order valence-corrected chi connectivity index (χ3v) is 9.12. The second kappa shape index (κ2) is 8.54. The molecule has 32 heavy (non-hydrogen) atoms. The van der Waals surface area contributed by atoms with Gasteiger partial charge in [0.05, 0.1) is 18.9 Å². The van der Waals surface area contributed by atoms with Gasteiger partial charge in [-0.1, -0.05) is 41.7 Å². The minimum absolute atomic E-state index is 0.165. The van der Waals surface area contributed by atoms with Gasteiger partial charge in [0, 0.05) is 36.5 Å². The number of nitrogens with one attached hydrogen (secondary N) is 1. The first-order chi connectivity index (χ1) is 15.6. The summed E-state index contributed by atoms with van der Waals surface area (Å²) >= 11 is 1.64. The molecule has 0 unspecified atom stereocenters. The summed E-state index contributed by atoms with van der Waals surface area (Å²) in [6.07, 6.45) is 8.72. The molecule has 4 saturated carbocycles. The van der Waals surface area contributed by atoms with Gasteiger partial charge in [0.15, 0.2) is 5.13 Å². The second-order valence-electron chi connectivity index (χ2n) is 10.7. The molecule has 1 aliphatic heterocycles. The minimum Gasteiger partial charge on any atom is -0.379 e. The quantitative estimate of drug-likeness (QED) is 0.657. The maximum Gasteiger partial charge on any atom is 0.226 e. The highest BCUT2D eigenvalue weighted by atomic mass is 32.1. The van der Waals surface area contributed by atoms with Crippen LogP contribution < -0.4 is 5.32 Å². The Kier molecular flexibility index (Phi) is 5.56. The van der Waals surface area contributed by atoms with Crippen molar-refractivity contribution in [2.75, 3.05) is 31.6 Å². The van der Waals surface area contributed by atoms with E-state index < -0.39 is 0 Å². The van der Waals surface area contributed by atoms with Crippen LogP contribution in [-0.2, 0) is 16.1 Å². The number of nitrogens with zero attached hydrogens (tertiary/aromatic N) is 2. The highest BCUT2D eigenvalue weighted by Crippen LogP contribution is 2.61. The molecular formula is C26H33N3O2S. The molecule has 7 rings (SSSR count). The molecule has 4 aliphatic carbocycles. The SMILES string of the molecule is O=C(CC12CC3CC(CC(C3)C1)C2)Nc1nc(-c2ccccc2)c(CN2CCOCC2)s1. The molecule has 170 valence electrons. The van der Waals surface area contributed by atoms with Crippen molar-refractivity contribution in [1.29, 1.82) is 0 Å². The standard InChI is InChI=1S/C26H33N3O2S/c30-23(16-26-13-18-10-19(14-26)12-20(11-18)15-26)27-25-28-24(21-4-2-1-3-5-21)22(32-25)17-29-6-8-31-9-7-29/h1-5,18-20H,6-17H2,(H,27,28,30). The Bertz CT molecular complexity index is 931. The van der Waals surface area contributed by atoms with Gasteiger partial charge in [0.2, 0.25) is 5.91 Å². The Morgan fingerprint density at radius 2 is 1.72 bits per heavy atom. The number of amides is 1. The highest BCUT2D eigenvalue weighted by Gasteiger charge is 2.51. The molecule has 1 saturated heterocycles. The molecule has 2 aromatic rings. The van der Waals surface area contributed by atoms with Crippen molar-refractivity contribution < 1.29 is 9.53 Å². The van der Waals surface area contributed by atoms with E-state index in [0.717, 1.165) is 67.0 Å². The number of thiazole rings is 1. The zero-order chi connectivity index (χ0) is 21.5. The topological polar surface area (TPSA) is 54.5 Å². The fourth-order valence-corrected chi connectivity index (χ4v) is 8.35. The van der Waals surface area contributed by atoms with Crippen LogP contribution >= 0.6 is 11.3 Å². The summed E-state index contributed by atoms with van der Waals surface area (Å²) in [7, 11) is 0. The molecular weight excluding hydrogens is 418 g/mol. The summed E-state index contributed by atoms with van der Waals surface area (Å²) in [6.45, 7) is 4.32. The first-order valence-electron chi connectivity index (χ1n) is 12.3. The van der Waals surface area contributed by atoms with E-state index in [9.17, 15) is 4.79 Å². The number of rotatable bonds is 6. The number of morpholine rings is 1. The van der Waals surface area contributed by atoms with Crippen molar-refractivity contribution in [3.63, 3.8) is 0 Å². The van der Waals surface area contributed by atoms with E-state index in [-0.39, 0.29) is 11.3 Å². The average molecular weight is 452 g/mol. The zero-order valence-corrected chi connectivity index (χ0v) is 19.5. The summed E-state index contributed by atoms with van der Waals surface area (Å²) in [4.78, 5) is 21.7. The van der Waals surface area contributed by atoms with Crippen LogP contribution in [0.1, 0.15) is 49.8 Å². The molecule has 1 N–H and O–H groups in total. The van der Waals surface area contributed by atoms with Crippen LogP contribution in [0, 0.1) is 23.2 Å². The van der Waals surface area contributed by atoms with E-state index in [1.165, 1.54) is 43.4 Å². The highest BCUT2D eigenvalue weighted by molar-refractivity contribution is 7.16. The molecule has 6 heteroatoms. The molecule has 5 fully saturated rings. The maximum atomic E-state index is 13.2. The Morgan fingerprint density at radius 1 is 1.06 bits per heavy atom. The molecule has 2 heterocycles. The number of carbonyl (C=O) groups excluding carboxylic acids is 1. The first-order valence-corrected chi connectivity index (χ1v) is 13.1. The number of benzene rings is 1. The van der Waals surface area contributed by atoms with Crippen molar-refractivity contribution in [3.8, 4) is 11.3 Å². The molecule has 5 aliphatic rings. The van der Waals surface area contributed by atoms with Crippen LogP contribution in [0.25, 0.3) is 11.3 Å². The van der Waals surface area contributed by atoms with Gasteiger partial charge >= 0.3 is 0 Å². The summed E-state index contributed by atoms with van der Waals surface area (Å²) in [6, 6.07) is 10.4. The number of aromatic nitrogens is 1. The number of hydrogen-bond acceptors (Lipinski definition) is 5. The Hall–Kier alpha value is -1.76. The Labute approximate surface area is 194 Å². The van der Waals surface area contributed by atoms with Gasteiger partial charge in [0.25, 0.3) is 0 Å². The molecule has 0 radical (unpaired) electrons. The van der Waals surface area contributed by atoms with Crippen molar-refractivity contribution >= 4 is 22.4 Å². The largest absolute Gasteiger partial charge is 0.379 e. The molecule has 1 aromatic heterocycles. The lowest BCUT2D eigenvalue weighted by Gasteiger charge is -2.56. The van der Waals surface area contributed by atoms with Gasteiger partial charge in [-0.3, -0.25) is 9.69 Å². The van der Waals surface area contributed by atoms with Gasteiger partial charge in [-0.05, 0) is 61.7 Å². The predicted octanol–water partition coefficient (Wildman–Crippen LogP) is 5.19. The molecule has 4 bridgehead atoms. The molecule has 5 nitrogen and oxygen atoms in total. The van der Waals surface area contributed by atoms with Gasteiger partial charge in [-0.2, -0.15) is 0 Å². The number of carbonyl (C=O) groups is 1. The summed E-state index contributed by atoms with van der Waals surface area (Å²) < 4.78 is 5.51. The lowest BCUT2D eigenvalue weighted by molar-refractivity contribution is -0.124. The Balaban J connectivity index is 1.19. The summed E-state index contributed by atoms with van der Waals surface area (Å²) in [5.41, 5.74) is 2.38. The normalized spacial score (nSPS) is 31.7. The number of hydrogen-bond donors (Lipinski definition) is 1. The smallest absolute Gasteiger partial charge is 0.226 e. The number of anilines is 1. The zero-order valence-electron chi connectivity index (χ0n) is 18.7. The van der Waals surface area contributed by atoms with Crippen molar-refractivity contribution in [2.24, 2.45) is 23.2 Å². The summed E-state index contributed by atoms with van der Waals surface area (Å²) in [5, 5.41) is 3.96. The average Bonchev–Trinajstić information content (AvgIpc) is 3.15. The number of ether oxygens (including phenoxy) is 1. The molecule has 0 spiro atoms. The van der Waals surface area contributed by atoms with Crippen molar-refractivity contribution in [2.45, 2.75) is 51.5 Å². The van der Waals surface area contributed by atoms with E-state index in [1.807, 2.05) is 6.07 Å². The summed E-state index contributed by atoms with van der Waals surface area (Å²) in [5.74, 6) is 2.79. The van der Waals surface area contributed by atoms with Gasteiger partial charge < -0.3 is 10.1 Å². The van der Waals surface area contributed by atoms with E-state index in [0.29, 0.717) is 6.42 Å². The maximum absolute atomic E-state index is 13.2. The fraction of sp³-hybridized carbons (Fsp3) is 0.615. The van der Waals surface area contributed by atoms with Gasteiger partial charge in [-0.15, -0.1) is 0 Å². The van der Waals surface area contributed by atoms with Crippen LogP contribution in [0.4, 0.5) is 5.13 Å². The predicted molar refractivity (Wildman–Crippen MR) is 127 cm³/mol. The second-order valence-corrected chi connectivity index (χ2v) is 11.8. The van der Waals surface area contributed by atoms with Crippen molar-refractivity contribution in [3.05, 3.63) is 35.2 Å². The van der Waals surface area contributed by atoms with E-state index in [4.69, 9.17) is 9.72 Å². The van der Waals surface area contributed by atoms with Crippen molar-refractivity contribution in [1.82, 2.24) is 9.88 Å². The van der Waals surface area contributed by atoms with Crippen LogP contribution in [0.2, 0.25) is 0 Å². The van der Waals surface area contributed by atoms with Gasteiger partial charge in [0.1, 0.15) is 0 Å². The molecule has 1 aromatic carbocycles. The van der Waals surface area contributed by atoms with Crippen LogP contribution in [0.3, 0.4) is 0 Å². The molecule has 1 amide bonds.